The smallest absolute Gasteiger partial charge is 0.0104 e. The molecular weight excluding hydrogens is 206 g/mol. The first-order valence-electron chi connectivity index (χ1n) is 7.10. The molecule has 1 heteroatoms. The van der Waals surface area contributed by atoms with Crippen molar-refractivity contribution in [1.29, 1.82) is 0 Å². The molecule has 1 nitrogen and oxygen atoms in total. The lowest BCUT2D eigenvalue weighted by molar-refractivity contribution is 0.380. The predicted molar refractivity (Wildman–Crippen MR) is 72.2 cm³/mol. The molecule has 2 aliphatic rings. The van der Waals surface area contributed by atoms with Gasteiger partial charge in [0.1, 0.15) is 0 Å². The zero-order valence-corrected chi connectivity index (χ0v) is 10.9. The topological polar surface area (TPSA) is 12.0 Å². The Morgan fingerprint density at radius 3 is 2.76 bits per heavy atom. The van der Waals surface area contributed by atoms with Crippen molar-refractivity contribution in [2.24, 2.45) is 11.8 Å². The summed E-state index contributed by atoms with van der Waals surface area (Å²) in [6.45, 7) is 5.74. The van der Waals surface area contributed by atoms with Crippen molar-refractivity contribution in [2.45, 2.75) is 45.1 Å². The highest BCUT2D eigenvalue weighted by Crippen LogP contribution is 2.46. The third-order valence-corrected chi connectivity index (χ3v) is 4.65. The first-order valence-corrected chi connectivity index (χ1v) is 7.10. The fourth-order valence-corrected chi connectivity index (χ4v) is 3.46. The van der Waals surface area contributed by atoms with Crippen molar-refractivity contribution in [2.75, 3.05) is 6.54 Å². The number of rotatable bonds is 5. The van der Waals surface area contributed by atoms with E-state index < -0.39 is 0 Å². The maximum Gasteiger partial charge on any atom is 0.0104 e. The molecule has 0 amide bonds. The van der Waals surface area contributed by atoms with E-state index in [2.05, 4.69) is 43.4 Å². The van der Waals surface area contributed by atoms with Crippen molar-refractivity contribution in [3.8, 4) is 0 Å². The molecule has 0 heterocycles. The molecule has 0 radical (unpaired) electrons. The lowest BCUT2D eigenvalue weighted by Gasteiger charge is -2.33. The monoisotopic (exact) mass is 229 g/mol. The Balaban J connectivity index is 1.63. The van der Waals surface area contributed by atoms with E-state index in [1.165, 1.54) is 19.3 Å². The van der Waals surface area contributed by atoms with E-state index in [9.17, 15) is 0 Å². The van der Waals surface area contributed by atoms with Crippen molar-refractivity contribution >= 4 is 0 Å². The Morgan fingerprint density at radius 1 is 1.35 bits per heavy atom. The van der Waals surface area contributed by atoms with E-state index in [-0.39, 0.29) is 0 Å². The first kappa shape index (κ1) is 11.3. The van der Waals surface area contributed by atoms with Gasteiger partial charge in [0.15, 0.2) is 0 Å². The van der Waals surface area contributed by atoms with Gasteiger partial charge in [-0.25, -0.2) is 0 Å². The summed E-state index contributed by atoms with van der Waals surface area (Å²) in [6, 6.07) is 9.72. The molecule has 92 valence electrons. The normalized spacial score (nSPS) is 31.5. The third kappa shape index (κ3) is 2.13. The Bertz CT molecular complexity index is 398. The maximum absolute atomic E-state index is 3.70. The number of nitrogens with one attached hydrogen (secondary N) is 1. The molecule has 0 bridgehead atoms. The van der Waals surface area contributed by atoms with Gasteiger partial charge in [-0.2, -0.15) is 0 Å². The minimum absolute atomic E-state index is 0.758. The van der Waals surface area contributed by atoms with Gasteiger partial charge < -0.3 is 5.32 Å². The largest absolute Gasteiger partial charge is 0.314 e. The van der Waals surface area contributed by atoms with Crippen LogP contribution in [0.5, 0.6) is 0 Å². The molecule has 0 spiro atoms. The molecule has 0 saturated heterocycles. The number of hydrogen-bond acceptors (Lipinski definition) is 1. The zero-order chi connectivity index (χ0) is 11.8. The summed E-state index contributed by atoms with van der Waals surface area (Å²) in [4.78, 5) is 0. The lowest BCUT2D eigenvalue weighted by atomic mass is 9.74. The van der Waals surface area contributed by atoms with E-state index in [1.54, 1.807) is 11.1 Å². The van der Waals surface area contributed by atoms with Crippen molar-refractivity contribution in [3.63, 3.8) is 0 Å². The SMILES string of the molecule is CCNC(CC1Cc2ccccc21)C1CC1C. The van der Waals surface area contributed by atoms with Crippen LogP contribution in [0, 0.1) is 11.8 Å². The molecule has 0 aromatic heterocycles. The van der Waals surface area contributed by atoms with Crippen molar-refractivity contribution in [3.05, 3.63) is 35.4 Å². The van der Waals surface area contributed by atoms with Crippen LogP contribution in [0.15, 0.2) is 24.3 Å². The Labute approximate surface area is 105 Å². The molecule has 4 atom stereocenters. The minimum Gasteiger partial charge on any atom is -0.314 e. The molecular formula is C16H23N. The fourth-order valence-electron chi connectivity index (χ4n) is 3.46. The van der Waals surface area contributed by atoms with Crippen LogP contribution in [0.4, 0.5) is 0 Å². The molecule has 1 aromatic rings. The van der Waals surface area contributed by atoms with Gasteiger partial charge >= 0.3 is 0 Å². The van der Waals surface area contributed by atoms with Gasteiger partial charge in [-0.3, -0.25) is 0 Å². The van der Waals surface area contributed by atoms with Crippen LogP contribution in [-0.2, 0) is 6.42 Å². The molecule has 1 saturated carbocycles. The molecule has 4 unspecified atom stereocenters. The van der Waals surface area contributed by atoms with E-state index >= 15 is 0 Å². The van der Waals surface area contributed by atoms with Gasteiger partial charge in [0.25, 0.3) is 0 Å². The molecule has 0 aliphatic heterocycles. The summed E-state index contributed by atoms with van der Waals surface area (Å²) < 4.78 is 0. The van der Waals surface area contributed by atoms with E-state index in [4.69, 9.17) is 0 Å². The van der Waals surface area contributed by atoms with Crippen LogP contribution in [-0.4, -0.2) is 12.6 Å². The highest BCUT2D eigenvalue weighted by Gasteiger charge is 2.41. The van der Waals surface area contributed by atoms with Crippen LogP contribution >= 0.6 is 0 Å². The van der Waals surface area contributed by atoms with Gasteiger partial charge in [-0.1, -0.05) is 38.1 Å². The summed E-state index contributed by atoms with van der Waals surface area (Å²) in [5, 5.41) is 3.70. The van der Waals surface area contributed by atoms with Crippen LogP contribution in [0.25, 0.3) is 0 Å². The minimum atomic E-state index is 0.758. The van der Waals surface area contributed by atoms with Crippen molar-refractivity contribution in [1.82, 2.24) is 5.32 Å². The second kappa shape index (κ2) is 4.45. The Morgan fingerprint density at radius 2 is 2.12 bits per heavy atom. The molecule has 17 heavy (non-hydrogen) atoms. The highest BCUT2D eigenvalue weighted by atomic mass is 14.9. The van der Waals surface area contributed by atoms with Crippen LogP contribution < -0.4 is 5.32 Å². The first-order chi connectivity index (χ1) is 8.29. The molecule has 2 aliphatic carbocycles. The Hall–Kier alpha value is -0.820. The second-order valence-electron chi connectivity index (χ2n) is 5.88. The second-order valence-corrected chi connectivity index (χ2v) is 5.88. The summed E-state index contributed by atoms with van der Waals surface area (Å²) in [7, 11) is 0. The highest BCUT2D eigenvalue weighted by molar-refractivity contribution is 5.40. The van der Waals surface area contributed by atoms with Crippen LogP contribution in [0.2, 0.25) is 0 Å². The van der Waals surface area contributed by atoms with Gasteiger partial charge in [-0.05, 0) is 54.7 Å². The maximum atomic E-state index is 3.70. The average Bonchev–Trinajstić information content (AvgIpc) is 3.02. The molecule has 1 aromatic carbocycles. The summed E-state index contributed by atoms with van der Waals surface area (Å²) >= 11 is 0. The van der Waals surface area contributed by atoms with Crippen LogP contribution in [0.3, 0.4) is 0 Å². The number of benzene rings is 1. The molecule has 3 rings (SSSR count). The van der Waals surface area contributed by atoms with E-state index in [0.29, 0.717) is 0 Å². The molecule has 1 N–H and O–H groups in total. The summed E-state index contributed by atoms with van der Waals surface area (Å²) in [5.74, 6) is 2.72. The average molecular weight is 229 g/mol. The lowest BCUT2D eigenvalue weighted by Crippen LogP contribution is -2.35. The van der Waals surface area contributed by atoms with Gasteiger partial charge in [0.05, 0.1) is 0 Å². The quantitative estimate of drug-likeness (QED) is 0.816. The predicted octanol–water partition coefficient (Wildman–Crippen LogP) is 3.35. The van der Waals surface area contributed by atoms with Gasteiger partial charge in [0, 0.05) is 6.04 Å². The summed E-state index contributed by atoms with van der Waals surface area (Å²) in [6.07, 6.45) is 4.09. The fraction of sp³-hybridized carbons (Fsp3) is 0.625. The summed E-state index contributed by atoms with van der Waals surface area (Å²) in [5.41, 5.74) is 3.19. The zero-order valence-electron chi connectivity index (χ0n) is 10.9. The number of fused-ring (bicyclic) bond motifs is 1. The van der Waals surface area contributed by atoms with Gasteiger partial charge in [0.2, 0.25) is 0 Å². The van der Waals surface area contributed by atoms with E-state index in [1.807, 2.05) is 0 Å². The number of hydrogen-bond donors (Lipinski definition) is 1. The Kier molecular flexibility index (Phi) is 2.96. The third-order valence-electron chi connectivity index (χ3n) is 4.65. The molecule has 1 fully saturated rings. The van der Waals surface area contributed by atoms with E-state index in [0.717, 1.165) is 30.3 Å². The van der Waals surface area contributed by atoms with Crippen molar-refractivity contribution < 1.29 is 0 Å². The van der Waals surface area contributed by atoms with Crippen LogP contribution in [0.1, 0.15) is 43.7 Å². The standard InChI is InChI=1S/C16H23N/c1-3-17-16(15-8-11(15)2)10-13-9-12-6-4-5-7-14(12)13/h4-7,11,13,15-17H,3,8-10H2,1-2H3. The van der Waals surface area contributed by atoms with Gasteiger partial charge in [-0.15, -0.1) is 0 Å².